The maximum Gasteiger partial charge on any atom is 0.277 e. The number of carbonyl (C=O) groups is 1. The molecular formula is C14H11NO3S. The third-order valence-corrected chi connectivity index (χ3v) is 2.89. The summed E-state index contributed by atoms with van der Waals surface area (Å²) in [7, 11) is 0. The van der Waals surface area contributed by atoms with E-state index >= 15 is 0 Å². The molecular weight excluding hydrogens is 262 g/mol. The second-order valence-corrected chi connectivity index (χ2v) is 4.44. The number of rotatable bonds is 1. The lowest BCUT2D eigenvalue weighted by Crippen LogP contribution is -2.33. The highest BCUT2D eigenvalue weighted by atomic mass is 32.1. The van der Waals surface area contributed by atoms with Crippen molar-refractivity contribution in [2.75, 3.05) is 0 Å². The summed E-state index contributed by atoms with van der Waals surface area (Å²) in [4.78, 5) is 22.3. The van der Waals surface area contributed by atoms with E-state index < -0.39 is 0 Å². The molecule has 0 bridgehead atoms. The Morgan fingerprint density at radius 3 is 2.53 bits per heavy atom. The highest BCUT2D eigenvalue weighted by Crippen LogP contribution is 2.03. The van der Waals surface area contributed by atoms with Gasteiger partial charge < -0.3 is 4.42 Å². The minimum Gasteiger partial charge on any atom is -0.428 e. The third kappa shape index (κ3) is 2.62. The smallest absolute Gasteiger partial charge is 0.277 e. The zero-order valence-corrected chi connectivity index (χ0v) is 11.3. The Labute approximate surface area is 114 Å². The van der Waals surface area contributed by atoms with E-state index in [0.29, 0.717) is 0 Å². The topological polar surface area (TPSA) is 52.2 Å². The van der Waals surface area contributed by atoms with Crippen molar-refractivity contribution < 1.29 is 14.0 Å². The Hall–Kier alpha value is -2.23. The van der Waals surface area contributed by atoms with Gasteiger partial charge in [-0.3, -0.25) is 4.79 Å². The molecule has 0 unspecified atom stereocenters. The third-order valence-electron chi connectivity index (χ3n) is 2.62. The largest absolute Gasteiger partial charge is 0.428 e. The van der Waals surface area contributed by atoms with Crippen LogP contribution in [0.3, 0.4) is 0 Å². The van der Waals surface area contributed by atoms with Crippen molar-refractivity contribution in [2.45, 2.75) is 13.8 Å². The van der Waals surface area contributed by atoms with Crippen molar-refractivity contribution in [3.63, 3.8) is 0 Å². The Morgan fingerprint density at radius 1 is 1.37 bits per heavy atom. The average Bonchev–Trinajstić information content (AvgIpc) is 2.68. The first-order valence-electron chi connectivity index (χ1n) is 5.59. The van der Waals surface area contributed by atoms with Gasteiger partial charge in [0, 0.05) is 6.92 Å². The molecule has 1 heterocycles. The van der Waals surface area contributed by atoms with Gasteiger partial charge in [0.05, 0.1) is 0 Å². The first-order chi connectivity index (χ1) is 9.02. The minimum atomic E-state index is -0.379. The fourth-order valence-corrected chi connectivity index (χ4v) is 1.99. The van der Waals surface area contributed by atoms with E-state index in [0.717, 1.165) is 15.7 Å². The molecule has 4 nitrogen and oxygen atoms in total. The summed E-state index contributed by atoms with van der Waals surface area (Å²) in [5, 5.41) is 0.0121. The highest BCUT2D eigenvalue weighted by molar-refractivity contribution is 7.71. The van der Waals surface area contributed by atoms with Crippen molar-refractivity contribution in [2.24, 2.45) is 0 Å². The van der Waals surface area contributed by atoms with Gasteiger partial charge in [-0.2, -0.15) is 0 Å². The molecule has 1 aromatic carbocycles. The zero-order valence-electron chi connectivity index (χ0n) is 10.5. The van der Waals surface area contributed by atoms with Crippen LogP contribution in [-0.2, 0) is 4.79 Å². The number of aryl methyl sites for hydroxylation is 1. The predicted molar refractivity (Wildman–Crippen MR) is 72.6 cm³/mol. The second-order valence-electron chi connectivity index (χ2n) is 4.09. The molecule has 2 rings (SSSR count). The molecule has 1 aromatic heterocycles. The van der Waals surface area contributed by atoms with Gasteiger partial charge in [-0.15, -0.1) is 0 Å². The number of carbonyl (C=O) groups excluding carboxylic acids is 2. The molecule has 19 heavy (non-hydrogen) atoms. The van der Waals surface area contributed by atoms with Gasteiger partial charge in [-0.1, -0.05) is 29.8 Å². The molecule has 0 saturated carbocycles. The van der Waals surface area contributed by atoms with Crippen LogP contribution in [0.4, 0.5) is 0 Å². The number of aromatic nitrogens is 1. The van der Waals surface area contributed by atoms with E-state index in [1.54, 1.807) is 12.0 Å². The van der Waals surface area contributed by atoms with Crippen molar-refractivity contribution >= 4 is 30.1 Å². The quantitative estimate of drug-likeness (QED) is 0.730. The molecule has 0 N–H and O–H groups in total. The van der Waals surface area contributed by atoms with E-state index in [4.69, 9.17) is 16.6 Å². The second kappa shape index (κ2) is 5.18. The summed E-state index contributed by atoms with van der Waals surface area (Å²) in [6.07, 6.45) is 1.65. The van der Waals surface area contributed by atoms with Gasteiger partial charge in [0.15, 0.2) is 16.7 Å². The molecule has 0 amide bonds. The normalized spacial score (nSPS) is 11.4. The summed E-state index contributed by atoms with van der Waals surface area (Å²) in [5.41, 5.74) is 2.21. The lowest BCUT2D eigenvalue weighted by atomic mass is 10.1. The van der Waals surface area contributed by atoms with Crippen molar-refractivity contribution in [1.82, 2.24) is 4.57 Å². The zero-order chi connectivity index (χ0) is 14.0. The van der Waals surface area contributed by atoms with Gasteiger partial charge in [0.2, 0.25) is 5.91 Å². The van der Waals surface area contributed by atoms with E-state index in [-0.39, 0.29) is 21.5 Å². The molecule has 96 valence electrons. The Balaban J connectivity index is 2.75. The SMILES string of the molecule is CC(=O)n1c(=S)o/c(=C/c2ccc(C)cc2)c1=C=O. The number of hydrogen-bond donors (Lipinski definition) is 0. The van der Waals surface area contributed by atoms with Gasteiger partial charge in [0.25, 0.3) is 4.84 Å². The summed E-state index contributed by atoms with van der Waals surface area (Å²) in [6.45, 7) is 3.29. The summed E-state index contributed by atoms with van der Waals surface area (Å²) in [6, 6.07) is 7.64. The maximum absolute atomic E-state index is 11.4. The molecule has 0 aliphatic heterocycles. The molecule has 0 fully saturated rings. The Morgan fingerprint density at radius 2 is 2.00 bits per heavy atom. The molecule has 0 spiro atoms. The Bertz CT molecular complexity index is 821. The highest BCUT2D eigenvalue weighted by Gasteiger charge is 2.07. The first kappa shape index (κ1) is 13.2. The minimum absolute atomic E-state index is 0.0121. The Kier molecular flexibility index (Phi) is 3.60. The lowest BCUT2D eigenvalue weighted by Gasteiger charge is -1.92. The van der Waals surface area contributed by atoms with Crippen LogP contribution in [0.15, 0.2) is 28.7 Å². The number of hydrogen-bond acceptors (Lipinski definition) is 4. The van der Waals surface area contributed by atoms with Gasteiger partial charge in [0.1, 0.15) is 0 Å². The number of nitrogens with zero attached hydrogens (tertiary/aromatic N) is 1. The summed E-state index contributed by atoms with van der Waals surface area (Å²) >= 11 is 4.92. The number of benzene rings is 1. The van der Waals surface area contributed by atoms with Crippen molar-refractivity contribution in [3.8, 4) is 0 Å². The monoisotopic (exact) mass is 273 g/mol. The van der Waals surface area contributed by atoms with Crippen LogP contribution in [0.1, 0.15) is 22.8 Å². The first-order valence-corrected chi connectivity index (χ1v) is 6.00. The standard InChI is InChI=1S/C14H11NO3S/c1-9-3-5-11(6-4-9)7-13-12(8-16)15(10(2)17)14(19)18-13/h3-7H,1-2H3/b13-7+. The van der Waals surface area contributed by atoms with Crippen LogP contribution in [0, 0.1) is 11.8 Å². The van der Waals surface area contributed by atoms with E-state index in [2.05, 4.69) is 0 Å². The van der Waals surface area contributed by atoms with Gasteiger partial charge in [-0.05, 0) is 30.8 Å². The average molecular weight is 273 g/mol. The van der Waals surface area contributed by atoms with Crippen LogP contribution < -0.4 is 10.8 Å². The molecule has 0 atom stereocenters. The van der Waals surface area contributed by atoms with Crippen LogP contribution in [-0.4, -0.2) is 16.4 Å². The summed E-state index contributed by atoms with van der Waals surface area (Å²) < 4.78 is 6.30. The molecule has 2 aromatic rings. The molecule has 0 radical (unpaired) electrons. The van der Waals surface area contributed by atoms with E-state index in [1.807, 2.05) is 31.2 Å². The van der Waals surface area contributed by atoms with E-state index in [1.165, 1.54) is 6.92 Å². The van der Waals surface area contributed by atoms with Crippen LogP contribution in [0.25, 0.3) is 6.08 Å². The molecule has 0 saturated heterocycles. The fraction of sp³-hybridized carbons (Fsp3) is 0.143. The molecule has 0 aliphatic carbocycles. The maximum atomic E-state index is 11.4. The van der Waals surface area contributed by atoms with E-state index in [9.17, 15) is 9.59 Å². The van der Waals surface area contributed by atoms with Gasteiger partial charge in [-0.25, -0.2) is 9.36 Å². The molecule has 0 aliphatic rings. The van der Waals surface area contributed by atoms with Gasteiger partial charge >= 0.3 is 0 Å². The van der Waals surface area contributed by atoms with Crippen LogP contribution >= 0.6 is 12.2 Å². The number of oxazole rings is 1. The molecule has 5 heteroatoms. The van der Waals surface area contributed by atoms with Crippen molar-refractivity contribution in [1.29, 1.82) is 0 Å². The lowest BCUT2D eigenvalue weighted by molar-refractivity contribution is 0.0928. The fourth-order valence-electron chi connectivity index (χ4n) is 1.68. The summed E-state index contributed by atoms with van der Waals surface area (Å²) in [5.74, 6) is 1.32. The van der Waals surface area contributed by atoms with Crippen molar-refractivity contribution in [3.05, 3.63) is 51.0 Å². The van der Waals surface area contributed by atoms with Crippen LogP contribution in [0.5, 0.6) is 0 Å². The predicted octanol–water partition coefficient (Wildman–Crippen LogP) is 1.11. The van der Waals surface area contributed by atoms with Crippen LogP contribution in [0.2, 0.25) is 0 Å².